The molecule has 17 heavy (non-hydrogen) atoms. The van der Waals surface area contributed by atoms with E-state index in [1.165, 1.54) is 32.2 Å². The van der Waals surface area contributed by atoms with Gasteiger partial charge in [0.1, 0.15) is 0 Å². The zero-order valence-corrected chi connectivity index (χ0v) is 11.7. The van der Waals surface area contributed by atoms with Crippen molar-refractivity contribution < 1.29 is 0 Å². The van der Waals surface area contributed by atoms with E-state index in [2.05, 4.69) is 31.1 Å². The number of rotatable bonds is 5. The normalized spacial score (nSPS) is 37.1. The van der Waals surface area contributed by atoms with E-state index < -0.39 is 0 Å². The van der Waals surface area contributed by atoms with Crippen molar-refractivity contribution in [1.82, 2.24) is 10.2 Å². The summed E-state index contributed by atoms with van der Waals surface area (Å²) in [7, 11) is 2.22. The first kappa shape index (κ1) is 13.3. The van der Waals surface area contributed by atoms with E-state index in [9.17, 15) is 0 Å². The Bertz CT molecular complexity index is 252. The molecule has 1 aliphatic heterocycles. The van der Waals surface area contributed by atoms with Crippen LogP contribution in [0, 0.1) is 11.8 Å². The molecular weight excluding hydrogens is 210 g/mol. The van der Waals surface area contributed by atoms with Crippen LogP contribution in [-0.4, -0.2) is 43.2 Å². The molecule has 2 fully saturated rings. The summed E-state index contributed by atoms with van der Waals surface area (Å²) in [5, 5.41) is 3.81. The number of likely N-dealkylation sites (tertiary alicyclic amines) is 1. The minimum atomic E-state index is 0.203. The van der Waals surface area contributed by atoms with Crippen LogP contribution in [0.1, 0.15) is 39.5 Å². The van der Waals surface area contributed by atoms with Gasteiger partial charge in [-0.2, -0.15) is 0 Å². The first-order valence-electron chi connectivity index (χ1n) is 7.22. The lowest BCUT2D eigenvalue weighted by Gasteiger charge is -2.45. The largest absolute Gasteiger partial charge is 0.329 e. The third-order valence-electron chi connectivity index (χ3n) is 5.00. The molecule has 2 aliphatic rings. The zero-order chi connectivity index (χ0) is 12.5. The molecule has 0 bridgehead atoms. The number of hydrogen-bond donors (Lipinski definition) is 2. The van der Waals surface area contributed by atoms with Gasteiger partial charge in [0.25, 0.3) is 0 Å². The zero-order valence-electron chi connectivity index (χ0n) is 11.7. The van der Waals surface area contributed by atoms with Gasteiger partial charge >= 0.3 is 0 Å². The van der Waals surface area contributed by atoms with Gasteiger partial charge in [-0.05, 0) is 64.6 Å². The molecule has 3 N–H and O–H groups in total. The maximum absolute atomic E-state index is 6.04. The van der Waals surface area contributed by atoms with Crippen molar-refractivity contribution >= 4 is 0 Å². The van der Waals surface area contributed by atoms with Gasteiger partial charge in [0.05, 0.1) is 0 Å². The van der Waals surface area contributed by atoms with Gasteiger partial charge in [0, 0.05) is 18.1 Å². The molecule has 0 aromatic rings. The van der Waals surface area contributed by atoms with Crippen molar-refractivity contribution in [2.75, 3.05) is 26.7 Å². The summed E-state index contributed by atoms with van der Waals surface area (Å²) in [4.78, 5) is 2.44. The number of piperidine rings is 1. The molecule has 3 heteroatoms. The Morgan fingerprint density at radius 1 is 1.47 bits per heavy atom. The van der Waals surface area contributed by atoms with Gasteiger partial charge in [-0.3, -0.25) is 0 Å². The van der Waals surface area contributed by atoms with Crippen LogP contribution in [-0.2, 0) is 0 Å². The van der Waals surface area contributed by atoms with Crippen LogP contribution in [0.15, 0.2) is 0 Å². The summed E-state index contributed by atoms with van der Waals surface area (Å²) >= 11 is 0. The van der Waals surface area contributed by atoms with Crippen molar-refractivity contribution in [2.24, 2.45) is 17.6 Å². The number of hydrogen-bond acceptors (Lipinski definition) is 3. The highest BCUT2D eigenvalue weighted by Crippen LogP contribution is 2.36. The minimum absolute atomic E-state index is 0.203. The number of nitrogens with zero attached hydrogens (tertiary/aromatic N) is 1. The van der Waals surface area contributed by atoms with Gasteiger partial charge in [-0.25, -0.2) is 0 Å². The highest BCUT2D eigenvalue weighted by Gasteiger charge is 2.37. The highest BCUT2D eigenvalue weighted by atomic mass is 15.2. The first-order chi connectivity index (χ1) is 8.06. The van der Waals surface area contributed by atoms with Crippen LogP contribution in [0.4, 0.5) is 0 Å². The second-order valence-electron chi connectivity index (χ2n) is 6.46. The van der Waals surface area contributed by atoms with Crippen molar-refractivity contribution in [3.8, 4) is 0 Å². The van der Waals surface area contributed by atoms with E-state index in [4.69, 9.17) is 5.73 Å². The van der Waals surface area contributed by atoms with Gasteiger partial charge in [0.2, 0.25) is 0 Å². The molecule has 3 atom stereocenters. The van der Waals surface area contributed by atoms with Gasteiger partial charge in [-0.15, -0.1) is 0 Å². The fourth-order valence-electron chi connectivity index (χ4n) is 3.06. The lowest BCUT2D eigenvalue weighted by Crippen LogP contribution is -2.60. The summed E-state index contributed by atoms with van der Waals surface area (Å²) in [5.74, 6) is 1.81. The Balaban J connectivity index is 1.85. The third kappa shape index (κ3) is 3.21. The molecule has 1 heterocycles. The number of nitrogens with two attached hydrogens (primary N) is 1. The van der Waals surface area contributed by atoms with Crippen molar-refractivity contribution in [3.05, 3.63) is 0 Å². The van der Waals surface area contributed by atoms with E-state index in [1.807, 2.05) is 0 Å². The molecule has 2 rings (SSSR count). The highest BCUT2D eigenvalue weighted by molar-refractivity contribution is 4.97. The molecule has 0 aromatic heterocycles. The topological polar surface area (TPSA) is 41.3 Å². The molecule has 3 nitrogen and oxygen atoms in total. The van der Waals surface area contributed by atoms with E-state index >= 15 is 0 Å². The summed E-state index contributed by atoms with van der Waals surface area (Å²) in [6.07, 6.45) is 5.27. The monoisotopic (exact) mass is 239 g/mol. The van der Waals surface area contributed by atoms with Crippen molar-refractivity contribution in [1.29, 1.82) is 0 Å². The summed E-state index contributed by atoms with van der Waals surface area (Å²) in [5.41, 5.74) is 6.25. The molecule has 1 aliphatic carbocycles. The first-order valence-corrected chi connectivity index (χ1v) is 7.22. The number of nitrogens with one attached hydrogen (secondary N) is 1. The second kappa shape index (κ2) is 5.25. The Labute approximate surface area is 106 Å². The fourth-order valence-corrected chi connectivity index (χ4v) is 3.06. The molecule has 0 radical (unpaired) electrons. The Morgan fingerprint density at radius 2 is 2.18 bits per heavy atom. The van der Waals surface area contributed by atoms with Crippen LogP contribution in [0.3, 0.4) is 0 Å². The van der Waals surface area contributed by atoms with Gasteiger partial charge in [0.15, 0.2) is 0 Å². The lowest BCUT2D eigenvalue weighted by atomic mass is 9.83. The maximum atomic E-state index is 6.04. The minimum Gasteiger partial charge on any atom is -0.329 e. The van der Waals surface area contributed by atoms with E-state index in [-0.39, 0.29) is 5.54 Å². The Kier molecular flexibility index (Phi) is 4.11. The predicted molar refractivity (Wildman–Crippen MR) is 73.0 cm³/mol. The van der Waals surface area contributed by atoms with Crippen LogP contribution in [0.2, 0.25) is 0 Å². The molecule has 0 amide bonds. The van der Waals surface area contributed by atoms with E-state index in [1.54, 1.807) is 0 Å². The summed E-state index contributed by atoms with van der Waals surface area (Å²) < 4.78 is 0. The van der Waals surface area contributed by atoms with Crippen LogP contribution >= 0.6 is 0 Å². The molecule has 3 unspecified atom stereocenters. The lowest BCUT2D eigenvalue weighted by molar-refractivity contribution is 0.108. The second-order valence-corrected chi connectivity index (χ2v) is 6.46. The molecule has 1 saturated carbocycles. The molecule has 1 saturated heterocycles. The Morgan fingerprint density at radius 3 is 2.71 bits per heavy atom. The standard InChI is InChI=1S/C14H29N3/c1-11(13-4-5-13)9-16-14(10-15)6-7-17(3)12(2)8-14/h11-13,16H,4-10,15H2,1-3H3. The smallest absolute Gasteiger partial charge is 0.0331 e. The van der Waals surface area contributed by atoms with Gasteiger partial charge < -0.3 is 16.0 Å². The molecule has 0 aromatic carbocycles. The van der Waals surface area contributed by atoms with Gasteiger partial charge in [-0.1, -0.05) is 6.92 Å². The van der Waals surface area contributed by atoms with Crippen LogP contribution in [0.25, 0.3) is 0 Å². The molecular formula is C14H29N3. The summed E-state index contributed by atoms with van der Waals surface area (Å²) in [6, 6.07) is 0.649. The van der Waals surface area contributed by atoms with Crippen molar-refractivity contribution in [2.45, 2.75) is 51.1 Å². The Hall–Kier alpha value is -0.120. The van der Waals surface area contributed by atoms with Crippen LogP contribution in [0.5, 0.6) is 0 Å². The average Bonchev–Trinajstić information content (AvgIpc) is 3.15. The summed E-state index contributed by atoms with van der Waals surface area (Å²) in [6.45, 7) is 7.80. The maximum Gasteiger partial charge on any atom is 0.0331 e. The SMILES string of the molecule is CC(CNC1(CN)CCN(C)C(C)C1)C1CC1. The molecule has 0 spiro atoms. The van der Waals surface area contributed by atoms with E-state index in [0.717, 1.165) is 24.9 Å². The third-order valence-corrected chi connectivity index (χ3v) is 5.00. The predicted octanol–water partition coefficient (Wildman–Crippen LogP) is 1.43. The quantitative estimate of drug-likeness (QED) is 0.763. The molecule has 100 valence electrons. The van der Waals surface area contributed by atoms with E-state index in [0.29, 0.717) is 6.04 Å². The van der Waals surface area contributed by atoms with Crippen LogP contribution < -0.4 is 11.1 Å². The average molecular weight is 239 g/mol. The fraction of sp³-hybridized carbons (Fsp3) is 1.00. The van der Waals surface area contributed by atoms with Crippen molar-refractivity contribution in [3.63, 3.8) is 0 Å².